The molecule has 0 amide bonds. The van der Waals surface area contributed by atoms with E-state index < -0.39 is 12.0 Å². The number of hydrogen-bond donors (Lipinski definition) is 0. The first-order chi connectivity index (χ1) is 9.88. The number of alkyl halides is 3. The van der Waals surface area contributed by atoms with Crippen LogP contribution in [0.25, 0.3) is 5.65 Å². The molecule has 0 aromatic carbocycles. The van der Waals surface area contributed by atoms with E-state index in [2.05, 4.69) is 29.1 Å². The van der Waals surface area contributed by atoms with Gasteiger partial charge in [0.2, 0.25) is 0 Å². The normalized spacial score (nSPS) is 23.8. The van der Waals surface area contributed by atoms with E-state index in [-0.39, 0.29) is 11.7 Å². The van der Waals surface area contributed by atoms with E-state index in [0.717, 1.165) is 16.8 Å². The minimum atomic E-state index is -4.57. The third-order valence-corrected chi connectivity index (χ3v) is 5.02. The van der Waals surface area contributed by atoms with Crippen LogP contribution in [0.1, 0.15) is 19.7 Å². The van der Waals surface area contributed by atoms with Crippen molar-refractivity contribution in [1.29, 1.82) is 0 Å². The van der Waals surface area contributed by atoms with Gasteiger partial charge in [0.15, 0.2) is 5.65 Å². The van der Waals surface area contributed by atoms with E-state index in [0.29, 0.717) is 11.1 Å². The standard InChI is InChI=1S/C12H14F3N5S/c1-7-8(2)21-6-5-19(7)10-4-3-9-16-17-11(12(13,14)15)20(9)18-10/h3-4,7-8H,5-6H2,1-2H3. The van der Waals surface area contributed by atoms with Crippen LogP contribution in [0, 0.1) is 0 Å². The van der Waals surface area contributed by atoms with Crippen molar-refractivity contribution in [2.75, 3.05) is 17.2 Å². The fourth-order valence-electron chi connectivity index (χ4n) is 2.37. The molecule has 1 fully saturated rings. The summed E-state index contributed by atoms with van der Waals surface area (Å²) < 4.78 is 39.4. The smallest absolute Gasteiger partial charge is 0.351 e. The molecule has 3 rings (SSSR count). The fraction of sp³-hybridized carbons (Fsp3) is 0.583. The summed E-state index contributed by atoms with van der Waals surface area (Å²) in [6.45, 7) is 4.93. The molecule has 0 saturated carbocycles. The average Bonchev–Trinajstić information content (AvgIpc) is 2.84. The molecule has 2 unspecified atom stereocenters. The van der Waals surface area contributed by atoms with Crippen molar-refractivity contribution in [2.45, 2.75) is 31.3 Å². The molecule has 0 radical (unpaired) electrons. The molecule has 9 heteroatoms. The van der Waals surface area contributed by atoms with Gasteiger partial charge in [0.05, 0.1) is 0 Å². The first kappa shape index (κ1) is 14.4. The van der Waals surface area contributed by atoms with Gasteiger partial charge in [-0.2, -0.15) is 29.4 Å². The third-order valence-electron chi connectivity index (χ3n) is 3.68. The molecule has 2 aromatic heterocycles. The van der Waals surface area contributed by atoms with E-state index >= 15 is 0 Å². The molecular weight excluding hydrogens is 303 g/mol. The Bertz CT molecular complexity index is 656. The first-order valence-electron chi connectivity index (χ1n) is 6.56. The molecule has 114 valence electrons. The van der Waals surface area contributed by atoms with Gasteiger partial charge in [-0.05, 0) is 19.1 Å². The number of hydrogen-bond acceptors (Lipinski definition) is 5. The summed E-state index contributed by atoms with van der Waals surface area (Å²) in [5.41, 5.74) is 0.0955. The lowest BCUT2D eigenvalue weighted by Crippen LogP contribution is -2.45. The predicted octanol–water partition coefficient (Wildman–Crippen LogP) is 2.47. The Balaban J connectivity index is 2.04. The van der Waals surface area contributed by atoms with Crippen LogP contribution in [0.5, 0.6) is 0 Å². The molecule has 0 spiro atoms. The van der Waals surface area contributed by atoms with Gasteiger partial charge in [0.1, 0.15) is 5.82 Å². The molecule has 0 bridgehead atoms. The summed E-state index contributed by atoms with van der Waals surface area (Å²) in [5, 5.41) is 11.2. The number of fused-ring (bicyclic) bond motifs is 1. The van der Waals surface area contributed by atoms with Crippen molar-refractivity contribution >= 4 is 23.2 Å². The maximum atomic E-state index is 12.9. The van der Waals surface area contributed by atoms with Crippen molar-refractivity contribution in [2.24, 2.45) is 0 Å². The molecule has 1 saturated heterocycles. The van der Waals surface area contributed by atoms with Gasteiger partial charge in [-0.3, -0.25) is 0 Å². The number of anilines is 1. The van der Waals surface area contributed by atoms with E-state index in [1.807, 2.05) is 16.7 Å². The summed E-state index contributed by atoms with van der Waals surface area (Å²) in [7, 11) is 0. The molecule has 2 aromatic rings. The largest absolute Gasteiger partial charge is 0.453 e. The topological polar surface area (TPSA) is 46.3 Å². The highest BCUT2D eigenvalue weighted by molar-refractivity contribution is 8.00. The minimum absolute atomic E-state index is 0.0955. The zero-order valence-electron chi connectivity index (χ0n) is 11.5. The number of rotatable bonds is 1. The highest BCUT2D eigenvalue weighted by Gasteiger charge is 2.38. The molecule has 3 heterocycles. The Kier molecular flexibility index (Phi) is 3.46. The Labute approximate surface area is 123 Å². The van der Waals surface area contributed by atoms with Crippen molar-refractivity contribution in [3.05, 3.63) is 18.0 Å². The van der Waals surface area contributed by atoms with Crippen molar-refractivity contribution < 1.29 is 13.2 Å². The van der Waals surface area contributed by atoms with Crippen LogP contribution in [0.15, 0.2) is 12.1 Å². The first-order valence-corrected chi connectivity index (χ1v) is 7.60. The minimum Gasteiger partial charge on any atom is -0.351 e. The highest BCUT2D eigenvalue weighted by Crippen LogP contribution is 2.30. The summed E-state index contributed by atoms with van der Waals surface area (Å²) >= 11 is 1.86. The summed E-state index contributed by atoms with van der Waals surface area (Å²) in [6, 6.07) is 3.42. The van der Waals surface area contributed by atoms with Gasteiger partial charge in [-0.25, -0.2) is 0 Å². The van der Waals surface area contributed by atoms with Gasteiger partial charge in [0, 0.05) is 23.6 Å². The van der Waals surface area contributed by atoms with Crippen molar-refractivity contribution in [3.8, 4) is 0 Å². The van der Waals surface area contributed by atoms with Crippen LogP contribution in [0.4, 0.5) is 19.0 Å². The van der Waals surface area contributed by atoms with Crippen molar-refractivity contribution in [3.63, 3.8) is 0 Å². The second-order valence-electron chi connectivity index (χ2n) is 4.99. The molecule has 0 N–H and O–H groups in total. The van der Waals surface area contributed by atoms with Crippen LogP contribution in [0.3, 0.4) is 0 Å². The Morgan fingerprint density at radius 3 is 2.71 bits per heavy atom. The van der Waals surface area contributed by atoms with E-state index in [1.54, 1.807) is 6.07 Å². The van der Waals surface area contributed by atoms with E-state index in [9.17, 15) is 13.2 Å². The summed E-state index contributed by atoms with van der Waals surface area (Å²) in [4.78, 5) is 2.03. The molecule has 21 heavy (non-hydrogen) atoms. The molecule has 5 nitrogen and oxygen atoms in total. The number of aromatic nitrogens is 4. The highest BCUT2D eigenvalue weighted by atomic mass is 32.2. The van der Waals surface area contributed by atoms with Crippen LogP contribution in [-0.4, -0.2) is 43.4 Å². The Morgan fingerprint density at radius 2 is 2.00 bits per heavy atom. The van der Waals surface area contributed by atoms with Crippen molar-refractivity contribution in [1.82, 2.24) is 19.8 Å². The number of thioether (sulfide) groups is 1. The molecule has 1 aliphatic rings. The van der Waals surface area contributed by atoms with Gasteiger partial charge in [-0.1, -0.05) is 6.92 Å². The molecular formula is C12H14F3N5S. The lowest BCUT2D eigenvalue weighted by atomic mass is 10.2. The average molecular weight is 317 g/mol. The third kappa shape index (κ3) is 2.54. The molecule has 1 aliphatic heterocycles. The second kappa shape index (κ2) is 5.04. The number of halogens is 3. The molecule has 0 aliphatic carbocycles. The van der Waals surface area contributed by atoms with Gasteiger partial charge in [0.25, 0.3) is 5.82 Å². The monoisotopic (exact) mass is 317 g/mol. The van der Waals surface area contributed by atoms with E-state index in [1.165, 1.54) is 6.07 Å². The van der Waals surface area contributed by atoms with Gasteiger partial charge in [-0.15, -0.1) is 15.3 Å². The zero-order chi connectivity index (χ0) is 15.2. The SMILES string of the molecule is CC1SCCN(c2ccc3nnc(C(F)(F)F)n3n2)C1C. The van der Waals surface area contributed by atoms with E-state index in [4.69, 9.17) is 0 Å². The van der Waals surface area contributed by atoms with Crippen LogP contribution in [0.2, 0.25) is 0 Å². The summed E-state index contributed by atoms with van der Waals surface area (Å²) in [5.74, 6) is 0.360. The van der Waals surface area contributed by atoms with Crippen LogP contribution >= 0.6 is 11.8 Å². The predicted molar refractivity (Wildman–Crippen MR) is 74.5 cm³/mol. The maximum Gasteiger partial charge on any atom is 0.453 e. The maximum absolute atomic E-state index is 12.9. The number of nitrogens with zero attached hydrogens (tertiary/aromatic N) is 5. The lowest BCUT2D eigenvalue weighted by Gasteiger charge is -2.38. The second-order valence-corrected chi connectivity index (χ2v) is 6.48. The van der Waals surface area contributed by atoms with Gasteiger partial charge >= 0.3 is 6.18 Å². The lowest BCUT2D eigenvalue weighted by molar-refractivity contribution is -0.146. The van der Waals surface area contributed by atoms with Crippen LogP contribution in [-0.2, 0) is 6.18 Å². The fourth-order valence-corrected chi connectivity index (χ4v) is 3.46. The van der Waals surface area contributed by atoms with Crippen LogP contribution < -0.4 is 4.90 Å². The Morgan fingerprint density at radius 1 is 1.24 bits per heavy atom. The molecule has 2 atom stereocenters. The quantitative estimate of drug-likeness (QED) is 0.808. The zero-order valence-corrected chi connectivity index (χ0v) is 12.3. The Hall–Kier alpha value is -1.51. The van der Waals surface area contributed by atoms with Gasteiger partial charge < -0.3 is 4.90 Å². The summed E-state index contributed by atoms with van der Waals surface area (Å²) in [6.07, 6.45) is -4.57.